The van der Waals surface area contributed by atoms with Gasteiger partial charge in [-0.3, -0.25) is 0 Å². The molecule has 0 atom stereocenters. The van der Waals surface area contributed by atoms with E-state index in [0.29, 0.717) is 11.9 Å². The van der Waals surface area contributed by atoms with E-state index < -0.39 is 17.6 Å². The van der Waals surface area contributed by atoms with Gasteiger partial charge in [-0.25, -0.2) is 14.4 Å². The lowest BCUT2D eigenvalue weighted by Crippen LogP contribution is -2.37. The maximum absolute atomic E-state index is 13.2. The van der Waals surface area contributed by atoms with Gasteiger partial charge in [0.25, 0.3) is 0 Å². The second-order valence-corrected chi connectivity index (χ2v) is 7.93. The second-order valence-electron chi connectivity index (χ2n) is 7.93. The Morgan fingerprint density at radius 2 is 1.70 bits per heavy atom. The number of aryl methyl sites for hydroxylation is 1. The summed E-state index contributed by atoms with van der Waals surface area (Å²) in [5.74, 6) is 1.43. The van der Waals surface area contributed by atoms with Crippen molar-refractivity contribution in [1.29, 1.82) is 0 Å². The first-order valence-corrected chi connectivity index (χ1v) is 10.0. The van der Waals surface area contributed by atoms with Crippen LogP contribution in [0.25, 0.3) is 0 Å². The van der Waals surface area contributed by atoms with Gasteiger partial charge < -0.3 is 15.5 Å². The molecule has 5 nitrogen and oxygen atoms in total. The normalized spacial score (nSPS) is 19.6. The van der Waals surface area contributed by atoms with Gasteiger partial charge in [0, 0.05) is 38.8 Å². The summed E-state index contributed by atoms with van der Waals surface area (Å²) in [6, 6.07) is 5.12. The van der Waals surface area contributed by atoms with Crippen LogP contribution in [0.1, 0.15) is 42.6 Å². The standard InChI is InChI=1S/C21H27F4N5/c1-13-27-19(11-20(28-13)30(2)3)29-17-8-6-16(7-9-17)26-12-14-4-5-15(22)10-18(14)21(23,24)25/h4-5,10-11,16-17,26H,6-9,12H2,1-3H3,(H,27,28,29). The Morgan fingerprint density at radius 3 is 2.33 bits per heavy atom. The van der Waals surface area contributed by atoms with Gasteiger partial charge in [0.15, 0.2) is 0 Å². The maximum atomic E-state index is 13.2. The molecule has 164 valence electrons. The Hall–Kier alpha value is -2.42. The number of halogens is 4. The predicted octanol–water partition coefficient (Wildman–Crippen LogP) is 4.52. The van der Waals surface area contributed by atoms with Crippen LogP contribution in [0.3, 0.4) is 0 Å². The van der Waals surface area contributed by atoms with E-state index in [1.54, 1.807) is 0 Å². The Labute approximate surface area is 173 Å². The summed E-state index contributed by atoms with van der Waals surface area (Å²) in [6.07, 6.45) is -1.13. The van der Waals surface area contributed by atoms with Gasteiger partial charge in [0.1, 0.15) is 23.3 Å². The van der Waals surface area contributed by atoms with Crippen molar-refractivity contribution >= 4 is 11.6 Å². The molecule has 1 aliphatic carbocycles. The first-order valence-electron chi connectivity index (χ1n) is 10.0. The molecular formula is C21H27F4N5. The van der Waals surface area contributed by atoms with Gasteiger partial charge in [0.2, 0.25) is 0 Å². The molecule has 1 aromatic heterocycles. The molecule has 0 spiro atoms. The molecule has 2 N–H and O–H groups in total. The number of hydrogen-bond acceptors (Lipinski definition) is 5. The Balaban J connectivity index is 1.54. The van der Waals surface area contributed by atoms with E-state index in [2.05, 4.69) is 20.6 Å². The highest BCUT2D eigenvalue weighted by atomic mass is 19.4. The average molecular weight is 425 g/mol. The third-order valence-electron chi connectivity index (χ3n) is 5.32. The fraction of sp³-hybridized carbons (Fsp3) is 0.524. The lowest BCUT2D eigenvalue weighted by Gasteiger charge is -2.30. The van der Waals surface area contributed by atoms with Crippen molar-refractivity contribution in [3.63, 3.8) is 0 Å². The minimum absolute atomic E-state index is 0.0647. The Bertz CT molecular complexity index is 861. The number of rotatable bonds is 6. The van der Waals surface area contributed by atoms with Gasteiger partial charge in [-0.05, 0) is 50.3 Å². The monoisotopic (exact) mass is 425 g/mol. The molecule has 9 heteroatoms. The quantitative estimate of drug-likeness (QED) is 0.667. The molecule has 1 saturated carbocycles. The maximum Gasteiger partial charge on any atom is 0.416 e. The summed E-state index contributed by atoms with van der Waals surface area (Å²) in [6.45, 7) is 1.92. The fourth-order valence-electron chi connectivity index (χ4n) is 3.73. The van der Waals surface area contributed by atoms with E-state index in [9.17, 15) is 17.6 Å². The van der Waals surface area contributed by atoms with Crippen molar-refractivity contribution in [1.82, 2.24) is 15.3 Å². The van der Waals surface area contributed by atoms with Crippen LogP contribution in [0.4, 0.5) is 29.2 Å². The van der Waals surface area contributed by atoms with Crippen molar-refractivity contribution in [3.05, 3.63) is 47.0 Å². The van der Waals surface area contributed by atoms with Gasteiger partial charge in [0.05, 0.1) is 5.56 Å². The Kier molecular flexibility index (Phi) is 6.80. The molecule has 30 heavy (non-hydrogen) atoms. The van der Waals surface area contributed by atoms with Crippen LogP contribution in [0.2, 0.25) is 0 Å². The van der Waals surface area contributed by atoms with Crippen LogP contribution in [0.5, 0.6) is 0 Å². The van der Waals surface area contributed by atoms with Gasteiger partial charge in [-0.2, -0.15) is 13.2 Å². The number of benzene rings is 1. The predicted molar refractivity (Wildman–Crippen MR) is 109 cm³/mol. The van der Waals surface area contributed by atoms with Crippen LogP contribution in [0, 0.1) is 12.7 Å². The zero-order valence-corrected chi connectivity index (χ0v) is 17.4. The summed E-state index contributed by atoms with van der Waals surface area (Å²) in [5.41, 5.74) is -0.849. The largest absolute Gasteiger partial charge is 0.416 e. The first kappa shape index (κ1) is 22.3. The molecular weight excluding hydrogens is 398 g/mol. The summed E-state index contributed by atoms with van der Waals surface area (Å²) >= 11 is 0. The number of anilines is 2. The van der Waals surface area contributed by atoms with E-state index in [1.807, 2.05) is 32.0 Å². The molecule has 0 saturated heterocycles. The number of nitrogens with one attached hydrogen (secondary N) is 2. The Morgan fingerprint density at radius 1 is 1.03 bits per heavy atom. The number of aromatic nitrogens is 2. The highest BCUT2D eigenvalue weighted by molar-refractivity contribution is 5.49. The molecule has 0 unspecified atom stereocenters. The van der Waals surface area contributed by atoms with Gasteiger partial charge in [-0.1, -0.05) is 6.07 Å². The van der Waals surface area contributed by atoms with Crippen molar-refractivity contribution in [3.8, 4) is 0 Å². The number of hydrogen-bond donors (Lipinski definition) is 2. The molecule has 0 radical (unpaired) electrons. The van der Waals surface area contributed by atoms with Crippen molar-refractivity contribution < 1.29 is 17.6 Å². The molecule has 0 aliphatic heterocycles. The van der Waals surface area contributed by atoms with Gasteiger partial charge >= 0.3 is 6.18 Å². The number of nitrogens with zero attached hydrogens (tertiary/aromatic N) is 3. The molecule has 1 aromatic carbocycles. The van der Waals surface area contributed by atoms with E-state index in [0.717, 1.165) is 43.4 Å². The molecule has 2 aromatic rings. The summed E-state index contributed by atoms with van der Waals surface area (Å²) < 4.78 is 52.7. The molecule has 1 fully saturated rings. The van der Waals surface area contributed by atoms with Gasteiger partial charge in [-0.15, -0.1) is 0 Å². The topological polar surface area (TPSA) is 53.1 Å². The van der Waals surface area contributed by atoms with Crippen LogP contribution in [0.15, 0.2) is 24.3 Å². The van der Waals surface area contributed by atoms with Crippen LogP contribution < -0.4 is 15.5 Å². The van der Waals surface area contributed by atoms with Crippen LogP contribution >= 0.6 is 0 Å². The first-order chi connectivity index (χ1) is 14.1. The minimum atomic E-state index is -4.57. The van der Waals surface area contributed by atoms with Crippen molar-refractivity contribution in [2.75, 3.05) is 24.3 Å². The average Bonchev–Trinajstić information content (AvgIpc) is 2.67. The molecule has 0 amide bonds. The summed E-state index contributed by atoms with van der Waals surface area (Å²) in [5, 5.41) is 6.66. The van der Waals surface area contributed by atoms with Crippen molar-refractivity contribution in [2.24, 2.45) is 0 Å². The smallest absolute Gasteiger partial charge is 0.367 e. The van der Waals surface area contributed by atoms with E-state index >= 15 is 0 Å². The van der Waals surface area contributed by atoms with E-state index in [1.165, 1.54) is 6.07 Å². The molecule has 3 rings (SSSR count). The highest BCUT2D eigenvalue weighted by Crippen LogP contribution is 2.33. The lowest BCUT2D eigenvalue weighted by molar-refractivity contribution is -0.138. The SMILES string of the molecule is Cc1nc(NC2CCC(NCc3ccc(F)cc3C(F)(F)F)CC2)cc(N(C)C)n1. The third-order valence-corrected chi connectivity index (χ3v) is 5.32. The summed E-state index contributed by atoms with van der Waals surface area (Å²) in [4.78, 5) is 10.7. The van der Waals surface area contributed by atoms with E-state index in [-0.39, 0.29) is 24.2 Å². The lowest BCUT2D eigenvalue weighted by atomic mass is 9.91. The van der Waals surface area contributed by atoms with Crippen LogP contribution in [-0.2, 0) is 12.7 Å². The third kappa shape index (κ3) is 5.81. The minimum Gasteiger partial charge on any atom is -0.367 e. The highest BCUT2D eigenvalue weighted by Gasteiger charge is 2.34. The van der Waals surface area contributed by atoms with Crippen molar-refractivity contribution in [2.45, 2.75) is 57.4 Å². The fourth-order valence-corrected chi connectivity index (χ4v) is 3.73. The molecule has 0 bridgehead atoms. The summed E-state index contributed by atoms with van der Waals surface area (Å²) in [7, 11) is 3.85. The van der Waals surface area contributed by atoms with Crippen LogP contribution in [-0.4, -0.2) is 36.1 Å². The zero-order valence-electron chi connectivity index (χ0n) is 17.4. The zero-order chi connectivity index (χ0) is 21.9. The van der Waals surface area contributed by atoms with E-state index in [4.69, 9.17) is 0 Å². The second kappa shape index (κ2) is 9.16. The molecule has 1 heterocycles. The molecule has 1 aliphatic rings. The number of alkyl halides is 3.